The molecule has 1 atom stereocenters. The van der Waals surface area contributed by atoms with Gasteiger partial charge < -0.3 is 5.32 Å². The van der Waals surface area contributed by atoms with Crippen molar-refractivity contribution in [3.8, 4) is 0 Å². The standard InChI is InChI=1S/C18H30N2.2ClH/c1-14(2)8-9-17(20-12-10-19-11-13-20)18-15(3)6-5-7-16(18)4;;/h5-7,14,17,19H,8-13H2,1-4H3;2*1H/t17-;;/m1../s1. The van der Waals surface area contributed by atoms with E-state index in [2.05, 4.69) is 56.1 Å². The first-order chi connectivity index (χ1) is 9.59. The zero-order valence-electron chi connectivity index (χ0n) is 14.4. The van der Waals surface area contributed by atoms with Crippen molar-refractivity contribution < 1.29 is 0 Å². The molecule has 4 heteroatoms. The van der Waals surface area contributed by atoms with Crippen LogP contribution in [-0.2, 0) is 0 Å². The maximum absolute atomic E-state index is 3.47. The lowest BCUT2D eigenvalue weighted by Crippen LogP contribution is -2.45. The summed E-state index contributed by atoms with van der Waals surface area (Å²) in [6, 6.07) is 7.33. The molecule has 0 radical (unpaired) electrons. The molecular formula is C18H32Cl2N2. The molecule has 1 fully saturated rings. The molecule has 1 aromatic rings. The van der Waals surface area contributed by atoms with Gasteiger partial charge in [0, 0.05) is 32.2 Å². The van der Waals surface area contributed by atoms with Gasteiger partial charge in [-0.05, 0) is 49.3 Å². The van der Waals surface area contributed by atoms with Crippen molar-refractivity contribution in [3.63, 3.8) is 0 Å². The van der Waals surface area contributed by atoms with Gasteiger partial charge in [-0.1, -0.05) is 32.0 Å². The van der Waals surface area contributed by atoms with Crippen molar-refractivity contribution in [2.24, 2.45) is 5.92 Å². The van der Waals surface area contributed by atoms with Gasteiger partial charge in [0.15, 0.2) is 0 Å². The average molecular weight is 347 g/mol. The molecule has 0 saturated carbocycles. The van der Waals surface area contributed by atoms with E-state index in [-0.39, 0.29) is 24.8 Å². The Hall–Kier alpha value is -0.280. The highest BCUT2D eigenvalue weighted by molar-refractivity contribution is 5.85. The van der Waals surface area contributed by atoms with E-state index < -0.39 is 0 Å². The van der Waals surface area contributed by atoms with Gasteiger partial charge in [-0.15, -0.1) is 24.8 Å². The number of hydrogen-bond acceptors (Lipinski definition) is 2. The first-order valence-corrected chi connectivity index (χ1v) is 8.10. The third-order valence-corrected chi connectivity index (χ3v) is 4.49. The van der Waals surface area contributed by atoms with Crippen LogP contribution in [0.4, 0.5) is 0 Å². The van der Waals surface area contributed by atoms with Crippen LogP contribution in [0.15, 0.2) is 18.2 Å². The molecule has 2 nitrogen and oxygen atoms in total. The largest absolute Gasteiger partial charge is 0.314 e. The molecule has 1 saturated heterocycles. The second-order valence-electron chi connectivity index (χ2n) is 6.58. The summed E-state index contributed by atoms with van der Waals surface area (Å²) < 4.78 is 0. The minimum Gasteiger partial charge on any atom is -0.314 e. The first-order valence-electron chi connectivity index (χ1n) is 8.10. The maximum Gasteiger partial charge on any atom is 0.0354 e. The van der Waals surface area contributed by atoms with Gasteiger partial charge in [-0.2, -0.15) is 0 Å². The number of hydrogen-bond donors (Lipinski definition) is 1. The Morgan fingerprint density at radius 2 is 1.55 bits per heavy atom. The van der Waals surface area contributed by atoms with Crippen LogP contribution in [0.3, 0.4) is 0 Å². The van der Waals surface area contributed by atoms with E-state index in [1.807, 2.05) is 0 Å². The van der Waals surface area contributed by atoms with E-state index >= 15 is 0 Å². The summed E-state index contributed by atoms with van der Waals surface area (Å²) in [5.74, 6) is 0.782. The Kier molecular flexibility index (Phi) is 10.4. The van der Waals surface area contributed by atoms with Crippen LogP contribution in [0.2, 0.25) is 0 Å². The Morgan fingerprint density at radius 1 is 1.00 bits per heavy atom. The molecule has 0 aromatic heterocycles. The summed E-state index contributed by atoms with van der Waals surface area (Å²) in [5, 5.41) is 3.47. The molecule has 1 heterocycles. The summed E-state index contributed by atoms with van der Waals surface area (Å²) in [6.07, 6.45) is 2.59. The minimum absolute atomic E-state index is 0. The molecule has 1 N–H and O–H groups in total. The molecule has 0 unspecified atom stereocenters. The van der Waals surface area contributed by atoms with Gasteiger partial charge in [0.05, 0.1) is 0 Å². The Labute approximate surface area is 148 Å². The number of nitrogens with zero attached hydrogens (tertiary/aromatic N) is 1. The number of benzene rings is 1. The SMILES string of the molecule is Cc1cccc(C)c1[C@@H](CCC(C)C)N1CCNCC1.Cl.Cl. The minimum atomic E-state index is 0. The predicted octanol–water partition coefficient (Wildman–Crippen LogP) is 4.53. The predicted molar refractivity (Wildman–Crippen MR) is 102 cm³/mol. The third-order valence-electron chi connectivity index (χ3n) is 4.49. The van der Waals surface area contributed by atoms with Crippen LogP contribution in [-0.4, -0.2) is 31.1 Å². The molecule has 1 aromatic carbocycles. The van der Waals surface area contributed by atoms with E-state index in [0.29, 0.717) is 6.04 Å². The van der Waals surface area contributed by atoms with Crippen molar-refractivity contribution in [2.75, 3.05) is 26.2 Å². The zero-order chi connectivity index (χ0) is 14.5. The molecule has 0 aliphatic carbocycles. The van der Waals surface area contributed by atoms with Gasteiger partial charge >= 0.3 is 0 Å². The summed E-state index contributed by atoms with van der Waals surface area (Å²) in [7, 11) is 0. The first kappa shape index (κ1) is 21.7. The number of rotatable bonds is 5. The monoisotopic (exact) mass is 346 g/mol. The van der Waals surface area contributed by atoms with Crippen LogP contribution < -0.4 is 5.32 Å². The topological polar surface area (TPSA) is 15.3 Å². The van der Waals surface area contributed by atoms with Gasteiger partial charge in [0.1, 0.15) is 0 Å². The van der Waals surface area contributed by atoms with E-state index in [0.717, 1.165) is 19.0 Å². The molecule has 1 aliphatic rings. The fourth-order valence-corrected chi connectivity index (χ4v) is 3.35. The van der Waals surface area contributed by atoms with E-state index in [1.54, 1.807) is 5.56 Å². The molecule has 1 aliphatic heterocycles. The number of piperazine rings is 1. The van der Waals surface area contributed by atoms with Crippen molar-refractivity contribution >= 4 is 24.8 Å². The average Bonchev–Trinajstić information content (AvgIpc) is 2.42. The lowest BCUT2D eigenvalue weighted by atomic mass is 9.90. The number of aryl methyl sites for hydroxylation is 2. The smallest absolute Gasteiger partial charge is 0.0354 e. The quantitative estimate of drug-likeness (QED) is 0.842. The third kappa shape index (κ3) is 5.73. The molecule has 0 bridgehead atoms. The zero-order valence-corrected chi connectivity index (χ0v) is 16.0. The van der Waals surface area contributed by atoms with Crippen LogP contribution >= 0.6 is 24.8 Å². The van der Waals surface area contributed by atoms with Crippen LogP contribution in [0, 0.1) is 19.8 Å². The Morgan fingerprint density at radius 3 is 2.05 bits per heavy atom. The van der Waals surface area contributed by atoms with Crippen molar-refractivity contribution in [1.29, 1.82) is 0 Å². The highest BCUT2D eigenvalue weighted by Gasteiger charge is 2.24. The second-order valence-corrected chi connectivity index (χ2v) is 6.58. The number of nitrogens with one attached hydrogen (secondary N) is 1. The van der Waals surface area contributed by atoms with Crippen LogP contribution in [0.5, 0.6) is 0 Å². The molecule has 2 rings (SSSR count). The van der Waals surface area contributed by atoms with E-state index in [4.69, 9.17) is 0 Å². The summed E-state index contributed by atoms with van der Waals surface area (Å²) >= 11 is 0. The summed E-state index contributed by atoms with van der Waals surface area (Å²) in [6.45, 7) is 13.8. The normalized spacial score (nSPS) is 16.8. The summed E-state index contributed by atoms with van der Waals surface area (Å²) in [5.41, 5.74) is 4.49. The highest BCUT2D eigenvalue weighted by atomic mass is 35.5. The molecule has 0 spiro atoms. The maximum atomic E-state index is 3.47. The van der Waals surface area contributed by atoms with Crippen molar-refractivity contribution in [2.45, 2.75) is 46.6 Å². The fraction of sp³-hybridized carbons (Fsp3) is 0.667. The second kappa shape index (κ2) is 10.5. The summed E-state index contributed by atoms with van der Waals surface area (Å²) in [4.78, 5) is 2.69. The fourth-order valence-electron chi connectivity index (χ4n) is 3.35. The molecule has 22 heavy (non-hydrogen) atoms. The molecule has 0 amide bonds. The van der Waals surface area contributed by atoms with Gasteiger partial charge in [0.2, 0.25) is 0 Å². The van der Waals surface area contributed by atoms with Gasteiger partial charge in [0.25, 0.3) is 0 Å². The van der Waals surface area contributed by atoms with Crippen LogP contribution in [0.25, 0.3) is 0 Å². The van der Waals surface area contributed by atoms with Crippen LogP contribution in [0.1, 0.15) is 49.4 Å². The van der Waals surface area contributed by atoms with E-state index in [1.165, 1.54) is 37.1 Å². The van der Waals surface area contributed by atoms with Crippen molar-refractivity contribution in [3.05, 3.63) is 34.9 Å². The highest BCUT2D eigenvalue weighted by Crippen LogP contribution is 2.32. The van der Waals surface area contributed by atoms with Gasteiger partial charge in [-0.3, -0.25) is 4.90 Å². The Bertz CT molecular complexity index is 409. The Balaban J connectivity index is 0.00000220. The lowest BCUT2D eigenvalue weighted by molar-refractivity contribution is 0.159. The molecular weight excluding hydrogens is 315 g/mol. The number of halogens is 2. The van der Waals surface area contributed by atoms with E-state index in [9.17, 15) is 0 Å². The van der Waals surface area contributed by atoms with Crippen molar-refractivity contribution in [1.82, 2.24) is 10.2 Å². The molecule has 128 valence electrons. The van der Waals surface area contributed by atoms with Gasteiger partial charge in [-0.25, -0.2) is 0 Å². The lowest BCUT2D eigenvalue weighted by Gasteiger charge is -2.37.